The van der Waals surface area contributed by atoms with Crippen molar-refractivity contribution in [3.05, 3.63) is 48.6 Å². The van der Waals surface area contributed by atoms with Gasteiger partial charge >= 0.3 is 0 Å². The van der Waals surface area contributed by atoms with Crippen LogP contribution in [0.4, 0.5) is 5.82 Å². The summed E-state index contributed by atoms with van der Waals surface area (Å²) in [4.78, 5) is 21.2. The SMILES string of the molecule is O=C([C@H]1C[C@H]1c1ccco1)N1CCN(c2ccccn2)CC1. The monoisotopic (exact) mass is 297 g/mol. The standard InChI is InChI=1S/C17H19N3O2/c21-17(14-12-13(14)15-4-3-11-22-15)20-9-7-19(8-10-20)16-5-1-2-6-18-16/h1-6,11,13-14H,7-10,12H2/t13-,14+/m1/s1. The Bertz CT molecular complexity index is 633. The summed E-state index contributed by atoms with van der Waals surface area (Å²) in [5, 5.41) is 0. The van der Waals surface area contributed by atoms with Gasteiger partial charge in [0.05, 0.1) is 6.26 Å². The fourth-order valence-electron chi connectivity index (χ4n) is 3.22. The van der Waals surface area contributed by atoms with Crippen molar-refractivity contribution in [3.63, 3.8) is 0 Å². The fourth-order valence-corrected chi connectivity index (χ4v) is 3.22. The van der Waals surface area contributed by atoms with Crippen LogP contribution < -0.4 is 4.90 Å². The van der Waals surface area contributed by atoms with E-state index in [2.05, 4.69) is 9.88 Å². The number of anilines is 1. The molecule has 1 aliphatic carbocycles. The van der Waals surface area contributed by atoms with E-state index in [-0.39, 0.29) is 17.7 Å². The highest BCUT2D eigenvalue weighted by Crippen LogP contribution is 2.48. The number of aromatic nitrogens is 1. The summed E-state index contributed by atoms with van der Waals surface area (Å²) < 4.78 is 5.41. The van der Waals surface area contributed by atoms with Crippen molar-refractivity contribution in [3.8, 4) is 0 Å². The smallest absolute Gasteiger partial charge is 0.226 e. The molecular weight excluding hydrogens is 278 g/mol. The molecule has 3 heterocycles. The molecule has 2 atom stereocenters. The minimum absolute atomic E-state index is 0.118. The maximum atomic E-state index is 12.6. The number of carbonyl (C=O) groups is 1. The number of carbonyl (C=O) groups excluding carboxylic acids is 1. The van der Waals surface area contributed by atoms with E-state index in [0.717, 1.165) is 44.2 Å². The molecule has 1 amide bonds. The Hall–Kier alpha value is -2.30. The number of nitrogens with zero attached hydrogens (tertiary/aromatic N) is 3. The molecule has 0 aromatic carbocycles. The van der Waals surface area contributed by atoms with Crippen LogP contribution in [0.5, 0.6) is 0 Å². The van der Waals surface area contributed by atoms with Crippen LogP contribution in [0.25, 0.3) is 0 Å². The largest absolute Gasteiger partial charge is 0.469 e. The second-order valence-electron chi connectivity index (χ2n) is 5.96. The summed E-state index contributed by atoms with van der Waals surface area (Å²) in [5.74, 6) is 2.63. The third-order valence-electron chi connectivity index (χ3n) is 4.58. The Kier molecular flexibility index (Phi) is 3.33. The Balaban J connectivity index is 1.33. The predicted octanol–water partition coefficient (Wildman–Crippen LogP) is 2.13. The maximum absolute atomic E-state index is 12.6. The van der Waals surface area contributed by atoms with Gasteiger partial charge in [-0.15, -0.1) is 0 Å². The lowest BCUT2D eigenvalue weighted by atomic mass is 10.2. The van der Waals surface area contributed by atoms with E-state index in [1.165, 1.54) is 0 Å². The van der Waals surface area contributed by atoms with Gasteiger partial charge in [0.15, 0.2) is 0 Å². The summed E-state index contributed by atoms with van der Waals surface area (Å²) in [7, 11) is 0. The van der Waals surface area contributed by atoms with E-state index in [9.17, 15) is 4.79 Å². The quantitative estimate of drug-likeness (QED) is 0.871. The number of pyridine rings is 1. The minimum atomic E-state index is 0.118. The van der Waals surface area contributed by atoms with Gasteiger partial charge in [0.2, 0.25) is 5.91 Å². The van der Waals surface area contributed by atoms with Gasteiger partial charge < -0.3 is 14.2 Å². The first-order chi connectivity index (χ1) is 10.8. The number of rotatable bonds is 3. The molecule has 1 aliphatic heterocycles. The van der Waals surface area contributed by atoms with E-state index in [4.69, 9.17) is 4.42 Å². The zero-order valence-electron chi connectivity index (χ0n) is 12.4. The second-order valence-corrected chi connectivity index (χ2v) is 5.96. The van der Waals surface area contributed by atoms with Crippen LogP contribution in [0.1, 0.15) is 18.1 Å². The molecule has 0 unspecified atom stereocenters. The van der Waals surface area contributed by atoms with E-state index >= 15 is 0 Å². The van der Waals surface area contributed by atoms with Crippen molar-refractivity contribution < 1.29 is 9.21 Å². The van der Waals surface area contributed by atoms with Gasteiger partial charge in [-0.2, -0.15) is 0 Å². The summed E-state index contributed by atoms with van der Waals surface area (Å²) in [6.45, 7) is 3.25. The van der Waals surface area contributed by atoms with Crippen LogP contribution in [0.3, 0.4) is 0 Å². The van der Waals surface area contributed by atoms with Crippen molar-refractivity contribution in [2.24, 2.45) is 5.92 Å². The second kappa shape index (κ2) is 5.48. The lowest BCUT2D eigenvalue weighted by Gasteiger charge is -2.35. The first kappa shape index (κ1) is 13.4. The maximum Gasteiger partial charge on any atom is 0.226 e. The highest BCUT2D eigenvalue weighted by molar-refractivity contribution is 5.83. The molecular formula is C17H19N3O2. The molecule has 0 spiro atoms. The lowest BCUT2D eigenvalue weighted by molar-refractivity contribution is -0.133. The highest BCUT2D eigenvalue weighted by Gasteiger charge is 2.47. The molecule has 2 aromatic rings. The van der Waals surface area contributed by atoms with Crippen molar-refractivity contribution in [2.75, 3.05) is 31.1 Å². The van der Waals surface area contributed by atoms with Crippen LogP contribution in [0, 0.1) is 5.92 Å². The summed E-state index contributed by atoms with van der Waals surface area (Å²) in [6, 6.07) is 9.80. The third-order valence-corrected chi connectivity index (χ3v) is 4.58. The summed E-state index contributed by atoms with van der Waals surface area (Å²) >= 11 is 0. The molecule has 22 heavy (non-hydrogen) atoms. The fraction of sp³-hybridized carbons (Fsp3) is 0.412. The van der Waals surface area contributed by atoms with Crippen LogP contribution in [-0.2, 0) is 4.79 Å². The average molecular weight is 297 g/mol. The van der Waals surface area contributed by atoms with Crippen LogP contribution in [0.2, 0.25) is 0 Å². The van der Waals surface area contributed by atoms with Gasteiger partial charge in [0.1, 0.15) is 11.6 Å². The normalized spacial score (nSPS) is 24.4. The lowest BCUT2D eigenvalue weighted by Crippen LogP contribution is -2.49. The van der Waals surface area contributed by atoms with Gasteiger partial charge in [0.25, 0.3) is 0 Å². The van der Waals surface area contributed by atoms with E-state index < -0.39 is 0 Å². The Labute approximate surface area is 129 Å². The van der Waals surface area contributed by atoms with Gasteiger partial charge in [-0.1, -0.05) is 6.07 Å². The zero-order chi connectivity index (χ0) is 14.9. The topological polar surface area (TPSA) is 49.6 Å². The van der Waals surface area contributed by atoms with Gasteiger partial charge in [-0.3, -0.25) is 4.79 Å². The highest BCUT2D eigenvalue weighted by atomic mass is 16.3. The van der Waals surface area contributed by atoms with Gasteiger partial charge in [-0.05, 0) is 30.7 Å². The van der Waals surface area contributed by atoms with Crippen molar-refractivity contribution in [1.82, 2.24) is 9.88 Å². The third kappa shape index (κ3) is 2.47. The molecule has 2 aromatic heterocycles. The first-order valence-corrected chi connectivity index (χ1v) is 7.81. The molecule has 1 saturated heterocycles. The number of furan rings is 1. The first-order valence-electron chi connectivity index (χ1n) is 7.81. The van der Waals surface area contributed by atoms with Crippen molar-refractivity contribution in [2.45, 2.75) is 12.3 Å². The Morgan fingerprint density at radius 3 is 2.68 bits per heavy atom. The van der Waals surface area contributed by atoms with Crippen molar-refractivity contribution >= 4 is 11.7 Å². The van der Waals surface area contributed by atoms with Crippen LogP contribution >= 0.6 is 0 Å². The van der Waals surface area contributed by atoms with Crippen LogP contribution in [0.15, 0.2) is 47.2 Å². The number of amides is 1. The Morgan fingerprint density at radius 1 is 1.14 bits per heavy atom. The van der Waals surface area contributed by atoms with Crippen molar-refractivity contribution in [1.29, 1.82) is 0 Å². The molecule has 5 heteroatoms. The number of hydrogen-bond acceptors (Lipinski definition) is 4. The van der Waals surface area contributed by atoms with E-state index in [1.807, 2.05) is 41.4 Å². The Morgan fingerprint density at radius 2 is 2.00 bits per heavy atom. The molecule has 0 N–H and O–H groups in total. The number of piperazine rings is 1. The molecule has 2 fully saturated rings. The van der Waals surface area contributed by atoms with Gasteiger partial charge in [0, 0.05) is 44.2 Å². The summed E-state index contributed by atoms with van der Waals surface area (Å²) in [6.07, 6.45) is 4.42. The predicted molar refractivity (Wildman–Crippen MR) is 82.6 cm³/mol. The summed E-state index contributed by atoms with van der Waals surface area (Å²) in [5.41, 5.74) is 0. The van der Waals surface area contributed by atoms with Crippen LogP contribution in [-0.4, -0.2) is 42.0 Å². The minimum Gasteiger partial charge on any atom is -0.469 e. The van der Waals surface area contributed by atoms with E-state index in [1.54, 1.807) is 6.26 Å². The molecule has 114 valence electrons. The molecule has 2 aliphatic rings. The molecule has 5 nitrogen and oxygen atoms in total. The van der Waals surface area contributed by atoms with E-state index in [0.29, 0.717) is 0 Å². The molecule has 0 radical (unpaired) electrons. The molecule has 0 bridgehead atoms. The zero-order valence-corrected chi connectivity index (χ0v) is 12.4. The average Bonchev–Trinajstić information content (AvgIpc) is 3.20. The molecule has 4 rings (SSSR count). The number of hydrogen-bond donors (Lipinski definition) is 0. The van der Waals surface area contributed by atoms with Gasteiger partial charge in [-0.25, -0.2) is 4.98 Å². The molecule has 1 saturated carbocycles.